The van der Waals surface area contributed by atoms with Crippen LogP contribution in [-0.2, 0) is 4.79 Å². The van der Waals surface area contributed by atoms with E-state index in [1.54, 1.807) is 13.1 Å². The minimum absolute atomic E-state index is 0.0605. The van der Waals surface area contributed by atoms with Crippen molar-refractivity contribution in [2.45, 2.75) is 26.3 Å². The maximum atomic E-state index is 11.5. The fourth-order valence-corrected chi connectivity index (χ4v) is 3.49. The van der Waals surface area contributed by atoms with Crippen LogP contribution >= 0.6 is 0 Å². The lowest BCUT2D eigenvalue weighted by atomic mass is 10.1. The molecule has 9 heteroatoms. The van der Waals surface area contributed by atoms with E-state index < -0.39 is 0 Å². The molecule has 1 atom stereocenters. The molecule has 0 bridgehead atoms. The number of ether oxygens (including phenoxy) is 2. The lowest BCUT2D eigenvalue weighted by Gasteiger charge is -2.38. The van der Waals surface area contributed by atoms with Gasteiger partial charge in [-0.1, -0.05) is 6.07 Å². The monoisotopic (exact) mass is 415 g/mol. The van der Waals surface area contributed by atoms with Gasteiger partial charge >= 0.3 is 0 Å². The summed E-state index contributed by atoms with van der Waals surface area (Å²) in [6.45, 7) is 10.9. The zero-order valence-corrected chi connectivity index (χ0v) is 17.5. The molecule has 0 radical (unpaired) electrons. The summed E-state index contributed by atoms with van der Waals surface area (Å²) in [5, 5.41) is 11.5. The van der Waals surface area contributed by atoms with Crippen molar-refractivity contribution in [3.05, 3.63) is 35.7 Å². The molecule has 1 amide bonds. The Morgan fingerprint density at radius 2 is 2.03 bits per heavy atom. The number of amides is 1. The fraction of sp³-hybridized carbons (Fsp3) is 0.476. The van der Waals surface area contributed by atoms with Crippen LogP contribution < -0.4 is 14.8 Å². The summed E-state index contributed by atoms with van der Waals surface area (Å²) < 4.78 is 10.9. The molecule has 2 N–H and O–H groups in total. The summed E-state index contributed by atoms with van der Waals surface area (Å²) in [5.74, 6) is 1.88. The Morgan fingerprint density at radius 1 is 1.30 bits per heavy atom. The third-order valence-electron chi connectivity index (χ3n) is 5.21. The van der Waals surface area contributed by atoms with Gasteiger partial charge in [0.05, 0.1) is 13.0 Å². The van der Waals surface area contributed by atoms with E-state index >= 15 is 0 Å². The first-order chi connectivity index (χ1) is 14.5. The summed E-state index contributed by atoms with van der Waals surface area (Å²) in [6.07, 6.45) is 1.62. The van der Waals surface area contributed by atoms with Crippen LogP contribution in [0.25, 0.3) is 0 Å². The highest BCUT2D eigenvalue weighted by Gasteiger charge is 2.25. The summed E-state index contributed by atoms with van der Waals surface area (Å²) in [6, 6.07) is 6.35. The number of benzene rings is 1. The number of carbonyl (C=O) groups excluding carboxylic acids is 1. The SMILES string of the molecule is C=NC(=N/C=C(\C)NC(=O)CCO)N1CCN([C@@H](C)c2ccc3c(c2)OCO3)CC1. The molecule has 2 aliphatic rings. The molecular formula is C21H29N5O4. The van der Waals surface area contributed by atoms with Gasteiger partial charge in [-0.05, 0) is 38.3 Å². The van der Waals surface area contributed by atoms with E-state index in [9.17, 15) is 4.79 Å². The first-order valence-electron chi connectivity index (χ1n) is 10.0. The molecule has 0 saturated carbocycles. The lowest BCUT2D eigenvalue weighted by Crippen LogP contribution is -2.48. The number of aliphatic imine (C=N–C) groups is 2. The van der Waals surface area contributed by atoms with Gasteiger partial charge in [0.1, 0.15) is 0 Å². The molecule has 0 unspecified atom stereocenters. The Balaban J connectivity index is 1.56. The number of guanidine groups is 1. The highest BCUT2D eigenvalue weighted by molar-refractivity contribution is 5.85. The standard InChI is InChI=1S/C21H29N5O4/c1-15(24-20(28)6-11-27)13-23-21(22-3)26-9-7-25(8-10-26)16(2)17-4-5-18-19(12-17)30-14-29-18/h4-5,12-13,16,27H,3,6-11,14H2,1-2H3,(H,24,28)/b15-13+,23-21?/t16-/m0/s1. The van der Waals surface area contributed by atoms with Crippen LogP contribution in [0.1, 0.15) is 31.9 Å². The third kappa shape index (κ3) is 5.37. The Kier molecular flexibility index (Phi) is 7.42. The largest absolute Gasteiger partial charge is 0.454 e. The van der Waals surface area contributed by atoms with E-state index in [0.29, 0.717) is 11.7 Å². The van der Waals surface area contributed by atoms with Crippen LogP contribution in [0, 0.1) is 0 Å². The second-order valence-electron chi connectivity index (χ2n) is 7.23. The summed E-state index contributed by atoms with van der Waals surface area (Å²) in [5.41, 5.74) is 1.78. The van der Waals surface area contributed by atoms with Crippen LogP contribution in [0.4, 0.5) is 0 Å². The number of nitrogens with one attached hydrogen (secondary N) is 1. The summed E-state index contributed by atoms with van der Waals surface area (Å²) in [4.78, 5) is 24.4. The van der Waals surface area contributed by atoms with E-state index in [1.165, 1.54) is 5.56 Å². The number of aliphatic hydroxyl groups excluding tert-OH is 1. The molecule has 1 aromatic rings. The number of aliphatic hydroxyl groups is 1. The van der Waals surface area contributed by atoms with Crippen LogP contribution in [0.2, 0.25) is 0 Å². The average molecular weight is 415 g/mol. The van der Waals surface area contributed by atoms with Crippen LogP contribution in [0.3, 0.4) is 0 Å². The van der Waals surface area contributed by atoms with Crippen molar-refractivity contribution in [1.29, 1.82) is 0 Å². The van der Waals surface area contributed by atoms with Crippen LogP contribution in [-0.4, -0.2) is 73.1 Å². The van der Waals surface area contributed by atoms with Gasteiger partial charge in [-0.25, -0.2) is 9.98 Å². The topological polar surface area (TPSA) is 99.0 Å². The van der Waals surface area contributed by atoms with Gasteiger partial charge < -0.3 is 24.8 Å². The van der Waals surface area contributed by atoms with Crippen LogP contribution in [0.15, 0.2) is 40.1 Å². The van der Waals surface area contributed by atoms with Crippen molar-refractivity contribution in [1.82, 2.24) is 15.1 Å². The maximum Gasteiger partial charge on any atom is 0.231 e. The van der Waals surface area contributed by atoms with Crippen molar-refractivity contribution in [2.24, 2.45) is 9.98 Å². The third-order valence-corrected chi connectivity index (χ3v) is 5.21. The fourth-order valence-electron chi connectivity index (χ4n) is 3.49. The van der Waals surface area contributed by atoms with Crippen molar-refractivity contribution in [3.63, 3.8) is 0 Å². The normalized spacial score (nSPS) is 18.3. The van der Waals surface area contributed by atoms with E-state index in [1.807, 2.05) is 6.07 Å². The molecule has 162 valence electrons. The second-order valence-corrected chi connectivity index (χ2v) is 7.23. The molecule has 1 aromatic carbocycles. The molecule has 0 aromatic heterocycles. The summed E-state index contributed by atoms with van der Waals surface area (Å²) >= 11 is 0. The van der Waals surface area contributed by atoms with Crippen molar-refractivity contribution < 1.29 is 19.4 Å². The molecule has 2 heterocycles. The molecular weight excluding hydrogens is 386 g/mol. The lowest BCUT2D eigenvalue weighted by molar-refractivity contribution is -0.121. The number of rotatable bonds is 6. The van der Waals surface area contributed by atoms with E-state index in [4.69, 9.17) is 14.6 Å². The molecule has 0 spiro atoms. The van der Waals surface area contributed by atoms with Gasteiger partial charge in [-0.3, -0.25) is 9.69 Å². The highest BCUT2D eigenvalue weighted by Crippen LogP contribution is 2.35. The zero-order valence-electron chi connectivity index (χ0n) is 17.5. The van der Waals surface area contributed by atoms with E-state index in [2.05, 4.69) is 50.9 Å². The number of nitrogens with zero attached hydrogens (tertiary/aromatic N) is 4. The van der Waals surface area contributed by atoms with Gasteiger partial charge in [-0.2, -0.15) is 0 Å². The van der Waals surface area contributed by atoms with Gasteiger partial charge in [0.15, 0.2) is 11.5 Å². The Labute approximate surface area is 176 Å². The molecule has 1 fully saturated rings. The number of hydrogen-bond acceptors (Lipinski definition) is 6. The van der Waals surface area contributed by atoms with Crippen molar-refractivity contribution in [3.8, 4) is 11.5 Å². The smallest absolute Gasteiger partial charge is 0.231 e. The first kappa shape index (κ1) is 21.8. The van der Waals surface area contributed by atoms with Gasteiger partial charge in [-0.15, -0.1) is 0 Å². The number of carbonyl (C=O) groups is 1. The first-order valence-corrected chi connectivity index (χ1v) is 10.0. The van der Waals surface area contributed by atoms with Gasteiger partial charge in [0.25, 0.3) is 0 Å². The maximum absolute atomic E-state index is 11.5. The summed E-state index contributed by atoms with van der Waals surface area (Å²) in [7, 11) is 0. The van der Waals surface area contributed by atoms with Gasteiger partial charge in [0, 0.05) is 44.1 Å². The second kappa shape index (κ2) is 10.2. The minimum Gasteiger partial charge on any atom is -0.454 e. The predicted octanol–water partition coefficient (Wildman–Crippen LogP) is 1.51. The van der Waals surface area contributed by atoms with E-state index in [-0.39, 0.29) is 31.8 Å². The molecule has 30 heavy (non-hydrogen) atoms. The Hall–Kier alpha value is -2.91. The minimum atomic E-state index is -0.249. The number of piperazine rings is 1. The molecule has 0 aliphatic carbocycles. The number of fused-ring (bicyclic) bond motifs is 1. The molecule has 9 nitrogen and oxygen atoms in total. The quantitative estimate of drug-likeness (QED) is 0.540. The zero-order chi connectivity index (χ0) is 21.5. The van der Waals surface area contributed by atoms with Crippen molar-refractivity contribution >= 4 is 18.6 Å². The number of hydrogen-bond donors (Lipinski definition) is 2. The Bertz CT molecular complexity index is 831. The molecule has 1 saturated heterocycles. The molecule has 2 aliphatic heterocycles. The number of allylic oxidation sites excluding steroid dienone is 1. The Morgan fingerprint density at radius 3 is 2.73 bits per heavy atom. The predicted molar refractivity (Wildman–Crippen MR) is 115 cm³/mol. The average Bonchev–Trinajstić information content (AvgIpc) is 3.22. The van der Waals surface area contributed by atoms with Crippen LogP contribution in [0.5, 0.6) is 11.5 Å². The van der Waals surface area contributed by atoms with E-state index in [0.717, 1.165) is 37.7 Å². The van der Waals surface area contributed by atoms with Crippen molar-refractivity contribution in [2.75, 3.05) is 39.6 Å². The highest BCUT2D eigenvalue weighted by atomic mass is 16.7. The molecule has 3 rings (SSSR count). The van der Waals surface area contributed by atoms with Gasteiger partial charge in [0.2, 0.25) is 18.7 Å².